The van der Waals surface area contributed by atoms with Gasteiger partial charge in [0, 0.05) is 25.3 Å². The topological polar surface area (TPSA) is 149 Å². The van der Waals surface area contributed by atoms with E-state index in [4.69, 9.17) is 37.9 Å². The second-order valence-electron chi connectivity index (χ2n) is 8.11. The predicted molar refractivity (Wildman–Crippen MR) is 140 cm³/mol. The van der Waals surface area contributed by atoms with Gasteiger partial charge in [0.25, 0.3) is 0 Å². The SMILES string of the molecule is COCCOCOc1ccc(C#N)cc1-c1cc([C@@H](CC(=O)OC)C(=O)OC)cc(C=O)c1OCOCCOC. The lowest BCUT2D eigenvalue weighted by atomic mass is 9.89. The maximum atomic E-state index is 12.7. The molecule has 0 saturated carbocycles. The van der Waals surface area contributed by atoms with Crippen molar-refractivity contribution in [3.05, 3.63) is 47.0 Å². The van der Waals surface area contributed by atoms with Gasteiger partial charge in [0.1, 0.15) is 11.5 Å². The standard InChI is InChI=1S/C28H33NO11/c1-33-7-9-37-17-39-25-6-5-19(15-29)11-23(25)24-13-20(22(28(32)36-4)14-26(31)35-3)12-21(16-30)27(24)40-18-38-10-8-34-2/h5-6,11-13,16,22H,7-10,14,17-18H2,1-4H3/t22-/m1/s1. The van der Waals surface area contributed by atoms with Crippen LogP contribution in [0.15, 0.2) is 30.3 Å². The van der Waals surface area contributed by atoms with Gasteiger partial charge in [-0.05, 0) is 35.9 Å². The summed E-state index contributed by atoms with van der Waals surface area (Å²) in [5, 5.41) is 9.58. The zero-order chi connectivity index (χ0) is 29.3. The quantitative estimate of drug-likeness (QED) is 0.114. The first kappa shape index (κ1) is 32.2. The molecule has 2 aromatic carbocycles. The first-order valence-corrected chi connectivity index (χ1v) is 12.1. The van der Waals surface area contributed by atoms with Crippen molar-refractivity contribution in [3.63, 3.8) is 0 Å². The number of carbonyl (C=O) groups excluding carboxylic acids is 3. The van der Waals surface area contributed by atoms with E-state index in [1.54, 1.807) is 31.4 Å². The second-order valence-corrected chi connectivity index (χ2v) is 8.11. The highest BCUT2D eigenvalue weighted by Crippen LogP contribution is 2.41. The van der Waals surface area contributed by atoms with Crippen molar-refractivity contribution in [3.8, 4) is 28.7 Å². The molecule has 1 atom stereocenters. The lowest BCUT2D eigenvalue weighted by Crippen LogP contribution is -2.19. The van der Waals surface area contributed by atoms with E-state index in [0.717, 1.165) is 0 Å². The van der Waals surface area contributed by atoms with Gasteiger partial charge in [0.05, 0.1) is 70.2 Å². The molecule has 216 valence electrons. The maximum Gasteiger partial charge on any atom is 0.313 e. The van der Waals surface area contributed by atoms with Crippen molar-refractivity contribution >= 4 is 18.2 Å². The van der Waals surface area contributed by atoms with Crippen LogP contribution in [0.25, 0.3) is 11.1 Å². The number of rotatable bonds is 18. The minimum Gasteiger partial charge on any atom is -0.469 e. The van der Waals surface area contributed by atoms with Gasteiger partial charge in [0.15, 0.2) is 19.9 Å². The van der Waals surface area contributed by atoms with E-state index < -0.39 is 17.9 Å². The number of esters is 2. The molecule has 40 heavy (non-hydrogen) atoms. The van der Waals surface area contributed by atoms with E-state index in [2.05, 4.69) is 6.07 Å². The van der Waals surface area contributed by atoms with Crippen LogP contribution in [0.1, 0.15) is 33.8 Å². The van der Waals surface area contributed by atoms with Crippen molar-refractivity contribution in [1.29, 1.82) is 5.26 Å². The molecule has 0 N–H and O–H groups in total. The Labute approximate surface area is 232 Å². The van der Waals surface area contributed by atoms with Crippen molar-refractivity contribution in [2.24, 2.45) is 0 Å². The van der Waals surface area contributed by atoms with Gasteiger partial charge >= 0.3 is 11.9 Å². The van der Waals surface area contributed by atoms with Crippen molar-refractivity contribution in [2.75, 3.05) is 68.5 Å². The molecule has 12 nitrogen and oxygen atoms in total. The fraction of sp³-hybridized carbons (Fsp3) is 0.429. The fourth-order valence-electron chi connectivity index (χ4n) is 3.60. The van der Waals surface area contributed by atoms with Gasteiger partial charge in [-0.25, -0.2) is 0 Å². The molecule has 0 amide bonds. The monoisotopic (exact) mass is 559 g/mol. The number of nitriles is 1. The van der Waals surface area contributed by atoms with E-state index in [9.17, 15) is 19.6 Å². The van der Waals surface area contributed by atoms with Gasteiger partial charge in [0.2, 0.25) is 0 Å². The van der Waals surface area contributed by atoms with Crippen LogP contribution in [0.4, 0.5) is 0 Å². The van der Waals surface area contributed by atoms with Crippen molar-refractivity contribution < 1.29 is 52.3 Å². The molecule has 0 spiro atoms. The Balaban J connectivity index is 2.69. The van der Waals surface area contributed by atoms with Gasteiger partial charge in [-0.2, -0.15) is 5.26 Å². The number of benzene rings is 2. The van der Waals surface area contributed by atoms with Crippen LogP contribution in [0, 0.1) is 11.3 Å². The Kier molecular flexibility index (Phi) is 14.1. The molecule has 0 aromatic heterocycles. The average molecular weight is 560 g/mol. The van der Waals surface area contributed by atoms with Gasteiger partial charge in [-0.15, -0.1) is 0 Å². The van der Waals surface area contributed by atoms with Gasteiger partial charge in [-0.1, -0.05) is 0 Å². The van der Waals surface area contributed by atoms with Crippen molar-refractivity contribution in [1.82, 2.24) is 0 Å². The highest BCUT2D eigenvalue weighted by atomic mass is 16.7. The van der Waals surface area contributed by atoms with E-state index in [1.807, 2.05) is 0 Å². The third-order valence-corrected chi connectivity index (χ3v) is 5.60. The summed E-state index contributed by atoms with van der Waals surface area (Å²) in [6.45, 7) is 0.856. The minimum atomic E-state index is -1.09. The molecule has 0 heterocycles. The number of ether oxygens (including phenoxy) is 8. The summed E-state index contributed by atoms with van der Waals surface area (Å²) in [7, 11) is 5.46. The molecule has 0 aliphatic rings. The summed E-state index contributed by atoms with van der Waals surface area (Å²) >= 11 is 0. The molecule has 2 rings (SSSR count). The van der Waals surface area contributed by atoms with Gasteiger partial charge < -0.3 is 37.9 Å². The Morgan fingerprint density at radius 2 is 1.55 bits per heavy atom. The molecule has 0 fully saturated rings. The summed E-state index contributed by atoms with van der Waals surface area (Å²) in [6.07, 6.45) is 0.211. The molecule has 0 unspecified atom stereocenters. The molecule has 2 aromatic rings. The van der Waals surface area contributed by atoms with E-state index in [1.165, 1.54) is 27.4 Å². The number of hydrogen-bond donors (Lipinski definition) is 0. The number of aldehydes is 1. The number of carbonyl (C=O) groups is 3. The molecular weight excluding hydrogens is 526 g/mol. The highest BCUT2D eigenvalue weighted by molar-refractivity contribution is 5.91. The molecule has 0 aliphatic heterocycles. The van der Waals surface area contributed by atoms with Crippen LogP contribution in [0.5, 0.6) is 11.5 Å². The molecule has 0 aliphatic carbocycles. The minimum absolute atomic E-state index is 0.0614. The third-order valence-electron chi connectivity index (χ3n) is 5.60. The summed E-state index contributed by atoms with van der Waals surface area (Å²) in [5.74, 6) is -2.04. The zero-order valence-corrected chi connectivity index (χ0v) is 22.9. The lowest BCUT2D eigenvalue weighted by Gasteiger charge is -2.21. The Hall–Kier alpha value is -4.02. The Morgan fingerprint density at radius 3 is 2.12 bits per heavy atom. The summed E-state index contributed by atoms with van der Waals surface area (Å²) in [4.78, 5) is 37.1. The van der Waals surface area contributed by atoms with Crippen molar-refractivity contribution in [2.45, 2.75) is 12.3 Å². The molecule has 0 radical (unpaired) electrons. The highest BCUT2D eigenvalue weighted by Gasteiger charge is 2.28. The third kappa shape index (κ3) is 9.32. The Bertz CT molecular complexity index is 1180. The van der Waals surface area contributed by atoms with Crippen LogP contribution >= 0.6 is 0 Å². The average Bonchev–Trinajstić information content (AvgIpc) is 2.98. The van der Waals surface area contributed by atoms with Crippen LogP contribution in [0.3, 0.4) is 0 Å². The molecule has 0 saturated heterocycles. The normalized spacial score (nSPS) is 11.3. The lowest BCUT2D eigenvalue weighted by molar-refractivity contribution is -0.149. The maximum absolute atomic E-state index is 12.7. The van der Waals surface area contributed by atoms with E-state index in [0.29, 0.717) is 41.9 Å². The molecule has 12 heteroatoms. The summed E-state index contributed by atoms with van der Waals surface area (Å²) < 4.78 is 42.2. The number of hydrogen-bond acceptors (Lipinski definition) is 12. The summed E-state index contributed by atoms with van der Waals surface area (Å²) in [6, 6.07) is 9.74. The Morgan fingerprint density at radius 1 is 0.875 bits per heavy atom. The van der Waals surface area contributed by atoms with E-state index in [-0.39, 0.29) is 50.1 Å². The first-order valence-electron chi connectivity index (χ1n) is 12.1. The predicted octanol–water partition coefficient (Wildman–Crippen LogP) is 2.86. The molecule has 0 bridgehead atoms. The smallest absolute Gasteiger partial charge is 0.313 e. The van der Waals surface area contributed by atoms with Crippen LogP contribution in [0.2, 0.25) is 0 Å². The largest absolute Gasteiger partial charge is 0.469 e. The zero-order valence-electron chi connectivity index (χ0n) is 22.9. The molecular formula is C28H33NO11. The summed E-state index contributed by atoms with van der Waals surface area (Å²) in [5.41, 5.74) is 1.31. The second kappa shape index (κ2) is 17.5. The van der Waals surface area contributed by atoms with Gasteiger partial charge in [-0.3, -0.25) is 14.4 Å². The fourth-order valence-corrected chi connectivity index (χ4v) is 3.60. The number of methoxy groups -OCH3 is 4. The number of nitrogens with zero attached hydrogens (tertiary/aromatic N) is 1. The van der Waals surface area contributed by atoms with Crippen LogP contribution < -0.4 is 9.47 Å². The van der Waals surface area contributed by atoms with Crippen LogP contribution in [-0.4, -0.2) is 86.7 Å². The first-order chi connectivity index (χ1) is 19.4. The van der Waals surface area contributed by atoms with Crippen LogP contribution in [-0.2, 0) is 38.0 Å². The van der Waals surface area contributed by atoms with E-state index >= 15 is 0 Å².